The summed E-state index contributed by atoms with van der Waals surface area (Å²) in [4.78, 5) is 11.0. The molecule has 13 heavy (non-hydrogen) atoms. The van der Waals surface area contributed by atoms with Crippen molar-refractivity contribution in [3.63, 3.8) is 0 Å². The predicted octanol–water partition coefficient (Wildman–Crippen LogP) is 2.95. The van der Waals surface area contributed by atoms with Gasteiger partial charge in [0.25, 0.3) is 0 Å². The zero-order valence-corrected chi connectivity index (χ0v) is 8.97. The zero-order chi connectivity index (χ0) is 9.94. The van der Waals surface area contributed by atoms with Gasteiger partial charge in [-0.05, 0) is 12.8 Å². The molecule has 0 spiro atoms. The molecule has 0 aliphatic carbocycles. The second-order valence-corrected chi connectivity index (χ2v) is 3.40. The summed E-state index contributed by atoms with van der Waals surface area (Å²) in [6, 6.07) is 0. The number of Topliss-reactive ketones (excluding diaryl/α,β-unsaturated/α-hetero) is 1. The summed E-state index contributed by atoms with van der Waals surface area (Å²) in [6.07, 6.45) is 6.42. The van der Waals surface area contributed by atoms with E-state index in [4.69, 9.17) is 4.74 Å². The molecule has 0 atom stereocenters. The van der Waals surface area contributed by atoms with Crippen LogP contribution in [0.1, 0.15) is 52.4 Å². The van der Waals surface area contributed by atoms with E-state index >= 15 is 0 Å². The van der Waals surface area contributed by atoms with Gasteiger partial charge in [-0.2, -0.15) is 0 Å². The summed E-state index contributed by atoms with van der Waals surface area (Å²) in [5.41, 5.74) is 0. The molecule has 0 aliphatic heterocycles. The van der Waals surface area contributed by atoms with Gasteiger partial charge < -0.3 is 4.74 Å². The third-order valence-corrected chi connectivity index (χ3v) is 1.93. The van der Waals surface area contributed by atoms with Gasteiger partial charge in [0.15, 0.2) is 5.78 Å². The molecule has 2 heteroatoms. The number of hydrogen-bond acceptors (Lipinski definition) is 2. The van der Waals surface area contributed by atoms with Crippen LogP contribution in [0.2, 0.25) is 0 Å². The van der Waals surface area contributed by atoms with Gasteiger partial charge in [0, 0.05) is 13.0 Å². The first-order chi connectivity index (χ1) is 6.31. The fourth-order valence-corrected chi connectivity index (χ4v) is 1.17. The van der Waals surface area contributed by atoms with E-state index in [1.54, 1.807) is 0 Å². The first-order valence-electron chi connectivity index (χ1n) is 5.40. The van der Waals surface area contributed by atoms with Crippen molar-refractivity contribution < 1.29 is 9.53 Å². The van der Waals surface area contributed by atoms with Crippen molar-refractivity contribution in [1.82, 2.24) is 0 Å². The number of carbonyl (C=O) groups excluding carboxylic acids is 1. The lowest BCUT2D eigenvalue weighted by Crippen LogP contribution is -2.08. The topological polar surface area (TPSA) is 26.3 Å². The van der Waals surface area contributed by atoms with E-state index in [0.29, 0.717) is 13.0 Å². The highest BCUT2D eigenvalue weighted by atomic mass is 16.5. The summed E-state index contributed by atoms with van der Waals surface area (Å²) in [6.45, 7) is 5.26. The molecular formula is C11H22O2. The lowest BCUT2D eigenvalue weighted by molar-refractivity contribution is -0.123. The third kappa shape index (κ3) is 9.54. The fourth-order valence-electron chi connectivity index (χ4n) is 1.17. The summed E-state index contributed by atoms with van der Waals surface area (Å²) in [5.74, 6) is 0.234. The molecule has 0 radical (unpaired) electrons. The zero-order valence-electron chi connectivity index (χ0n) is 8.97. The van der Waals surface area contributed by atoms with Gasteiger partial charge in [-0.1, -0.05) is 33.1 Å². The molecule has 0 aliphatic rings. The van der Waals surface area contributed by atoms with Crippen LogP contribution in [0, 0.1) is 0 Å². The molecule has 0 unspecified atom stereocenters. The first-order valence-corrected chi connectivity index (χ1v) is 5.40. The second-order valence-electron chi connectivity index (χ2n) is 3.40. The fraction of sp³-hybridized carbons (Fsp3) is 0.909. The summed E-state index contributed by atoms with van der Waals surface area (Å²) in [7, 11) is 0. The lowest BCUT2D eigenvalue weighted by atomic mass is 10.2. The molecule has 0 aromatic rings. The Morgan fingerprint density at radius 2 is 1.85 bits per heavy atom. The first kappa shape index (κ1) is 12.6. The summed E-state index contributed by atoms with van der Waals surface area (Å²) < 4.78 is 5.25. The number of ketones is 1. The van der Waals surface area contributed by atoms with Crippen LogP contribution < -0.4 is 0 Å². The molecule has 0 saturated heterocycles. The Bertz CT molecular complexity index is 121. The molecule has 0 N–H and O–H groups in total. The molecule has 0 fully saturated rings. The van der Waals surface area contributed by atoms with Crippen LogP contribution in [0.4, 0.5) is 0 Å². The van der Waals surface area contributed by atoms with Crippen LogP contribution in [0.25, 0.3) is 0 Å². The smallest absolute Gasteiger partial charge is 0.158 e. The second kappa shape index (κ2) is 9.72. The van der Waals surface area contributed by atoms with E-state index in [2.05, 4.69) is 6.92 Å². The Hall–Kier alpha value is -0.370. The van der Waals surface area contributed by atoms with Crippen LogP contribution in [-0.4, -0.2) is 19.0 Å². The standard InChI is InChI=1S/C11H22O2/c1-3-5-6-7-9-13-10-11(12)8-4-2/h3-10H2,1-2H3. The molecule has 78 valence electrons. The maximum Gasteiger partial charge on any atom is 0.158 e. The number of unbranched alkanes of at least 4 members (excludes halogenated alkanes) is 3. The van der Waals surface area contributed by atoms with Gasteiger partial charge in [0.1, 0.15) is 6.61 Å². The maximum atomic E-state index is 11.0. The Kier molecular flexibility index (Phi) is 9.44. The van der Waals surface area contributed by atoms with Crippen LogP contribution in [0.5, 0.6) is 0 Å². The van der Waals surface area contributed by atoms with E-state index in [0.717, 1.165) is 19.4 Å². The van der Waals surface area contributed by atoms with E-state index in [-0.39, 0.29) is 5.78 Å². The Balaban J connectivity index is 3.02. The van der Waals surface area contributed by atoms with E-state index < -0.39 is 0 Å². The summed E-state index contributed by atoms with van der Waals surface area (Å²) >= 11 is 0. The van der Waals surface area contributed by atoms with Crippen molar-refractivity contribution in [2.75, 3.05) is 13.2 Å². The van der Waals surface area contributed by atoms with E-state index in [9.17, 15) is 4.79 Å². The average Bonchev–Trinajstić information content (AvgIpc) is 2.11. The number of ether oxygens (including phenoxy) is 1. The van der Waals surface area contributed by atoms with E-state index in [1.807, 2.05) is 6.92 Å². The van der Waals surface area contributed by atoms with Crippen molar-refractivity contribution in [3.05, 3.63) is 0 Å². The van der Waals surface area contributed by atoms with Gasteiger partial charge in [-0.15, -0.1) is 0 Å². The average molecular weight is 186 g/mol. The van der Waals surface area contributed by atoms with Crippen LogP contribution in [0.3, 0.4) is 0 Å². The summed E-state index contributed by atoms with van der Waals surface area (Å²) in [5, 5.41) is 0. The normalized spacial score (nSPS) is 10.3. The monoisotopic (exact) mass is 186 g/mol. The molecule has 0 aromatic carbocycles. The minimum atomic E-state index is 0.234. The molecule has 0 aromatic heterocycles. The van der Waals surface area contributed by atoms with Gasteiger partial charge in [0.05, 0.1) is 0 Å². The number of hydrogen-bond donors (Lipinski definition) is 0. The SMILES string of the molecule is CCCCCCOCC(=O)CCC. The Labute approximate surface area is 81.7 Å². The van der Waals surface area contributed by atoms with Gasteiger partial charge in [-0.3, -0.25) is 4.79 Å². The van der Waals surface area contributed by atoms with Crippen LogP contribution >= 0.6 is 0 Å². The van der Waals surface area contributed by atoms with Crippen molar-refractivity contribution in [2.45, 2.75) is 52.4 Å². The van der Waals surface area contributed by atoms with Gasteiger partial charge >= 0.3 is 0 Å². The number of rotatable bonds is 9. The minimum absolute atomic E-state index is 0.234. The largest absolute Gasteiger partial charge is 0.374 e. The highest BCUT2D eigenvalue weighted by Gasteiger charge is 1.98. The molecule has 0 rings (SSSR count). The molecular weight excluding hydrogens is 164 g/mol. The molecule has 2 nitrogen and oxygen atoms in total. The number of carbonyl (C=O) groups is 1. The molecule has 0 heterocycles. The van der Waals surface area contributed by atoms with Gasteiger partial charge in [0.2, 0.25) is 0 Å². The predicted molar refractivity (Wildman–Crippen MR) is 54.9 cm³/mol. The highest BCUT2D eigenvalue weighted by molar-refractivity contribution is 5.79. The van der Waals surface area contributed by atoms with Crippen molar-refractivity contribution in [1.29, 1.82) is 0 Å². The Morgan fingerprint density at radius 1 is 1.08 bits per heavy atom. The quantitative estimate of drug-likeness (QED) is 0.517. The molecule has 0 saturated carbocycles. The van der Waals surface area contributed by atoms with Gasteiger partial charge in [-0.25, -0.2) is 0 Å². The molecule has 0 amide bonds. The van der Waals surface area contributed by atoms with Crippen LogP contribution in [0.15, 0.2) is 0 Å². The van der Waals surface area contributed by atoms with Crippen molar-refractivity contribution in [3.8, 4) is 0 Å². The minimum Gasteiger partial charge on any atom is -0.374 e. The Morgan fingerprint density at radius 3 is 2.46 bits per heavy atom. The maximum absolute atomic E-state index is 11.0. The third-order valence-electron chi connectivity index (χ3n) is 1.93. The van der Waals surface area contributed by atoms with Crippen molar-refractivity contribution >= 4 is 5.78 Å². The van der Waals surface area contributed by atoms with Crippen molar-refractivity contribution in [2.24, 2.45) is 0 Å². The lowest BCUT2D eigenvalue weighted by Gasteiger charge is -2.02. The highest BCUT2D eigenvalue weighted by Crippen LogP contribution is 1.99. The van der Waals surface area contributed by atoms with E-state index in [1.165, 1.54) is 19.3 Å². The molecule has 0 bridgehead atoms. The van der Waals surface area contributed by atoms with Crippen LogP contribution in [-0.2, 0) is 9.53 Å².